The molecule has 2 aromatic rings. The van der Waals surface area contributed by atoms with E-state index in [1.165, 1.54) is 0 Å². The van der Waals surface area contributed by atoms with Crippen LogP contribution in [0, 0.1) is 6.92 Å². The normalized spacial score (nSPS) is 10.2. The Balaban J connectivity index is 2.25. The van der Waals surface area contributed by atoms with Crippen LogP contribution in [-0.4, -0.2) is 12.1 Å². The molecular formula is C13H12BrClN2O. The van der Waals surface area contributed by atoms with E-state index < -0.39 is 0 Å². The van der Waals surface area contributed by atoms with Crippen molar-refractivity contribution < 1.29 is 4.74 Å². The highest BCUT2D eigenvalue weighted by molar-refractivity contribution is 9.10. The quantitative estimate of drug-likeness (QED) is 0.897. The predicted molar refractivity (Wildman–Crippen MR) is 78.0 cm³/mol. The van der Waals surface area contributed by atoms with Crippen molar-refractivity contribution in [3.05, 3.63) is 45.5 Å². The number of hydrogen-bond donors (Lipinski definition) is 1. The van der Waals surface area contributed by atoms with E-state index in [9.17, 15) is 0 Å². The van der Waals surface area contributed by atoms with Crippen LogP contribution in [-0.2, 0) is 0 Å². The van der Waals surface area contributed by atoms with E-state index in [0.29, 0.717) is 10.8 Å². The number of pyridine rings is 1. The highest BCUT2D eigenvalue weighted by Crippen LogP contribution is 2.29. The lowest BCUT2D eigenvalue weighted by molar-refractivity contribution is 0.415. The molecule has 0 aliphatic rings. The maximum Gasteiger partial charge on any atom is 0.139 e. The molecule has 0 unspecified atom stereocenters. The summed E-state index contributed by atoms with van der Waals surface area (Å²) in [5, 5.41) is 3.79. The van der Waals surface area contributed by atoms with Crippen LogP contribution in [0.2, 0.25) is 5.02 Å². The van der Waals surface area contributed by atoms with Gasteiger partial charge in [-0.1, -0.05) is 11.6 Å². The molecule has 0 spiro atoms. The van der Waals surface area contributed by atoms with Crippen LogP contribution < -0.4 is 10.1 Å². The summed E-state index contributed by atoms with van der Waals surface area (Å²) < 4.78 is 6.15. The van der Waals surface area contributed by atoms with Gasteiger partial charge in [-0.05, 0) is 47.1 Å². The van der Waals surface area contributed by atoms with Crippen molar-refractivity contribution in [3.63, 3.8) is 0 Å². The smallest absolute Gasteiger partial charge is 0.139 e. The van der Waals surface area contributed by atoms with Gasteiger partial charge in [0, 0.05) is 16.2 Å². The molecule has 1 heterocycles. The number of rotatable bonds is 3. The second-order valence-corrected chi connectivity index (χ2v) is 5.00. The number of ether oxygens (including phenoxy) is 1. The number of methoxy groups -OCH3 is 1. The third-order valence-corrected chi connectivity index (χ3v) is 3.60. The Morgan fingerprint density at radius 1 is 1.28 bits per heavy atom. The third kappa shape index (κ3) is 2.94. The molecule has 0 atom stereocenters. The molecule has 3 nitrogen and oxygen atoms in total. The van der Waals surface area contributed by atoms with Crippen molar-refractivity contribution in [2.45, 2.75) is 6.92 Å². The number of nitrogens with zero attached hydrogens (tertiary/aromatic N) is 1. The first-order valence-corrected chi connectivity index (χ1v) is 6.51. The van der Waals surface area contributed by atoms with E-state index in [-0.39, 0.29) is 0 Å². The van der Waals surface area contributed by atoms with Crippen molar-refractivity contribution >= 4 is 39.0 Å². The lowest BCUT2D eigenvalue weighted by atomic mass is 10.3. The number of aromatic nitrogens is 1. The summed E-state index contributed by atoms with van der Waals surface area (Å²) in [6.07, 6.45) is 0. The van der Waals surface area contributed by atoms with E-state index in [4.69, 9.17) is 16.3 Å². The summed E-state index contributed by atoms with van der Waals surface area (Å²) in [5.74, 6) is 1.41. The van der Waals surface area contributed by atoms with Gasteiger partial charge < -0.3 is 10.1 Å². The van der Waals surface area contributed by atoms with Gasteiger partial charge in [-0.2, -0.15) is 0 Å². The van der Waals surface area contributed by atoms with Crippen LogP contribution in [0.1, 0.15) is 5.69 Å². The van der Waals surface area contributed by atoms with Gasteiger partial charge in [0.2, 0.25) is 0 Å². The van der Waals surface area contributed by atoms with Crippen LogP contribution in [0.15, 0.2) is 34.8 Å². The average Bonchev–Trinajstić information content (AvgIpc) is 2.36. The second-order valence-electron chi connectivity index (χ2n) is 3.74. The highest BCUT2D eigenvalue weighted by Gasteiger charge is 2.04. The number of halogens is 2. The first-order valence-electron chi connectivity index (χ1n) is 5.34. The van der Waals surface area contributed by atoms with Crippen LogP contribution in [0.4, 0.5) is 11.5 Å². The Morgan fingerprint density at radius 2 is 2.06 bits per heavy atom. The fourth-order valence-electron chi connectivity index (χ4n) is 1.50. The molecule has 0 saturated heterocycles. The minimum absolute atomic E-state index is 0.586. The minimum Gasteiger partial charge on any atom is -0.495 e. The zero-order valence-corrected chi connectivity index (χ0v) is 12.3. The topological polar surface area (TPSA) is 34.1 Å². The van der Waals surface area contributed by atoms with Gasteiger partial charge in [-0.3, -0.25) is 0 Å². The van der Waals surface area contributed by atoms with Crippen molar-refractivity contribution in [2.75, 3.05) is 12.4 Å². The number of aryl methyl sites for hydroxylation is 1. The molecule has 0 radical (unpaired) electrons. The first kappa shape index (κ1) is 13.2. The van der Waals surface area contributed by atoms with Crippen LogP contribution in [0.25, 0.3) is 0 Å². The average molecular weight is 328 g/mol. The minimum atomic E-state index is 0.586. The van der Waals surface area contributed by atoms with Crippen LogP contribution in [0.3, 0.4) is 0 Å². The summed E-state index contributed by atoms with van der Waals surface area (Å²) in [4.78, 5) is 4.41. The molecule has 94 valence electrons. The van der Waals surface area contributed by atoms with Gasteiger partial charge in [-0.15, -0.1) is 0 Å². The van der Waals surface area contributed by atoms with Crippen LogP contribution >= 0.6 is 27.5 Å². The molecule has 0 bridgehead atoms. The standard InChI is InChI=1S/C13H12BrClN2O/c1-8-10(14)4-6-13(16-8)17-9-3-5-11(15)12(7-9)18-2/h3-7H,1-2H3,(H,16,17). The third-order valence-electron chi connectivity index (χ3n) is 2.44. The Hall–Kier alpha value is -1.26. The maximum absolute atomic E-state index is 5.97. The Bertz CT molecular complexity index is 575. The van der Waals surface area contributed by atoms with Gasteiger partial charge in [0.25, 0.3) is 0 Å². The number of nitrogens with one attached hydrogen (secondary N) is 1. The van der Waals surface area contributed by atoms with Crippen molar-refractivity contribution in [2.24, 2.45) is 0 Å². The molecule has 0 aliphatic heterocycles. The molecule has 1 N–H and O–H groups in total. The Morgan fingerprint density at radius 3 is 2.72 bits per heavy atom. The summed E-state index contributed by atoms with van der Waals surface area (Å²) in [5.41, 5.74) is 1.81. The van der Waals surface area contributed by atoms with Gasteiger partial charge in [0.05, 0.1) is 17.8 Å². The monoisotopic (exact) mass is 326 g/mol. The summed E-state index contributed by atoms with van der Waals surface area (Å²) in [6.45, 7) is 1.94. The predicted octanol–water partition coefficient (Wildman–Crippen LogP) is 4.56. The molecule has 2 rings (SSSR count). The van der Waals surface area contributed by atoms with Gasteiger partial charge >= 0.3 is 0 Å². The largest absolute Gasteiger partial charge is 0.495 e. The van der Waals surface area contributed by atoms with E-state index >= 15 is 0 Å². The number of anilines is 2. The van der Waals surface area contributed by atoms with Gasteiger partial charge in [0.1, 0.15) is 11.6 Å². The number of hydrogen-bond acceptors (Lipinski definition) is 3. The molecular weight excluding hydrogens is 316 g/mol. The molecule has 0 aliphatic carbocycles. The summed E-state index contributed by atoms with van der Waals surface area (Å²) in [6, 6.07) is 9.36. The molecule has 18 heavy (non-hydrogen) atoms. The van der Waals surface area contributed by atoms with E-state index in [0.717, 1.165) is 21.7 Å². The van der Waals surface area contributed by atoms with Crippen molar-refractivity contribution in [3.8, 4) is 5.75 Å². The van der Waals surface area contributed by atoms with E-state index in [2.05, 4.69) is 26.2 Å². The fraction of sp³-hybridized carbons (Fsp3) is 0.154. The van der Waals surface area contributed by atoms with Crippen molar-refractivity contribution in [1.29, 1.82) is 0 Å². The molecule has 0 amide bonds. The molecule has 1 aromatic heterocycles. The van der Waals surface area contributed by atoms with Crippen molar-refractivity contribution in [1.82, 2.24) is 4.98 Å². The zero-order valence-electron chi connectivity index (χ0n) is 10.00. The van der Waals surface area contributed by atoms with E-state index in [1.54, 1.807) is 13.2 Å². The maximum atomic E-state index is 5.97. The summed E-state index contributed by atoms with van der Waals surface area (Å²) >= 11 is 9.39. The van der Waals surface area contributed by atoms with Gasteiger partial charge in [0.15, 0.2) is 0 Å². The summed E-state index contributed by atoms with van der Waals surface area (Å²) in [7, 11) is 1.59. The number of benzene rings is 1. The molecule has 0 fully saturated rings. The zero-order chi connectivity index (χ0) is 13.1. The Kier molecular flexibility index (Phi) is 4.09. The Labute approximate surface area is 119 Å². The molecule has 0 saturated carbocycles. The van der Waals surface area contributed by atoms with Gasteiger partial charge in [-0.25, -0.2) is 4.98 Å². The lowest BCUT2D eigenvalue weighted by Crippen LogP contribution is -1.96. The van der Waals surface area contributed by atoms with Crippen LogP contribution in [0.5, 0.6) is 5.75 Å². The highest BCUT2D eigenvalue weighted by atomic mass is 79.9. The lowest BCUT2D eigenvalue weighted by Gasteiger charge is -2.09. The molecule has 5 heteroatoms. The second kappa shape index (κ2) is 5.59. The first-order chi connectivity index (χ1) is 8.60. The molecule has 1 aromatic carbocycles. The van der Waals surface area contributed by atoms with E-state index in [1.807, 2.05) is 31.2 Å². The SMILES string of the molecule is COc1cc(Nc2ccc(Br)c(C)n2)ccc1Cl. The fourth-order valence-corrected chi connectivity index (χ4v) is 1.91.